The van der Waals surface area contributed by atoms with Crippen LogP contribution < -0.4 is 4.31 Å². The molecule has 0 aliphatic heterocycles. The van der Waals surface area contributed by atoms with Crippen LogP contribution in [0.4, 0.5) is 5.69 Å². The average molecular weight is 423 g/mol. The van der Waals surface area contributed by atoms with Gasteiger partial charge in [0.05, 0.1) is 20.6 Å². The third-order valence-corrected chi connectivity index (χ3v) is 6.02. The fourth-order valence-corrected chi connectivity index (χ4v) is 4.56. The maximum Gasteiger partial charge on any atom is 0.303 e. The molecule has 1 N–H and O–H groups in total. The highest BCUT2D eigenvalue weighted by molar-refractivity contribution is 7.92. The first-order chi connectivity index (χ1) is 11.7. The molecule has 2 aromatic carbocycles. The summed E-state index contributed by atoms with van der Waals surface area (Å²) in [7, 11) is -4.00. The second-order valence-electron chi connectivity index (χ2n) is 5.10. The Kier molecular flexibility index (Phi) is 6.57. The van der Waals surface area contributed by atoms with Gasteiger partial charge in [0.1, 0.15) is 0 Å². The zero-order valence-electron chi connectivity index (χ0n) is 12.8. The van der Waals surface area contributed by atoms with Crippen molar-refractivity contribution < 1.29 is 18.3 Å². The van der Waals surface area contributed by atoms with E-state index in [4.69, 9.17) is 39.9 Å². The number of rotatable bonds is 7. The van der Waals surface area contributed by atoms with Crippen LogP contribution in [0.15, 0.2) is 47.4 Å². The summed E-state index contributed by atoms with van der Waals surface area (Å²) in [6.45, 7) is -0.0826. The summed E-state index contributed by atoms with van der Waals surface area (Å²) >= 11 is 18.1. The molecule has 0 aliphatic carbocycles. The van der Waals surface area contributed by atoms with E-state index in [1.54, 1.807) is 6.07 Å². The van der Waals surface area contributed by atoms with Crippen LogP contribution >= 0.6 is 34.8 Å². The van der Waals surface area contributed by atoms with E-state index in [9.17, 15) is 13.2 Å². The molecule has 0 fully saturated rings. The number of carbonyl (C=O) groups is 1. The lowest BCUT2D eigenvalue weighted by molar-refractivity contribution is -0.137. The van der Waals surface area contributed by atoms with Crippen molar-refractivity contribution in [2.45, 2.75) is 17.7 Å². The van der Waals surface area contributed by atoms with Crippen LogP contribution in [0.3, 0.4) is 0 Å². The van der Waals surface area contributed by atoms with Crippen LogP contribution in [-0.4, -0.2) is 26.0 Å². The fraction of sp³-hybridized carbons (Fsp3) is 0.188. The molecule has 0 saturated heterocycles. The molecule has 0 unspecified atom stereocenters. The SMILES string of the molecule is O=C(O)CCCN(c1c(Cl)cccc1Cl)S(=O)(=O)c1ccc(Cl)cc1. The van der Waals surface area contributed by atoms with Crippen molar-refractivity contribution in [2.24, 2.45) is 0 Å². The Morgan fingerprint density at radius 2 is 1.56 bits per heavy atom. The van der Waals surface area contributed by atoms with Crippen LogP contribution in [0.25, 0.3) is 0 Å². The predicted octanol–water partition coefficient (Wildman–Crippen LogP) is 4.71. The molecule has 25 heavy (non-hydrogen) atoms. The predicted molar refractivity (Wildman–Crippen MR) is 99.3 cm³/mol. The Bertz CT molecular complexity index is 849. The molecule has 0 spiro atoms. The van der Waals surface area contributed by atoms with Gasteiger partial charge in [-0.1, -0.05) is 40.9 Å². The molecule has 0 amide bonds. The summed E-state index contributed by atoms with van der Waals surface area (Å²) in [5.74, 6) is -1.02. The molecule has 0 aromatic heterocycles. The summed E-state index contributed by atoms with van der Waals surface area (Å²) < 4.78 is 27.1. The van der Waals surface area contributed by atoms with Gasteiger partial charge >= 0.3 is 5.97 Å². The van der Waals surface area contributed by atoms with Gasteiger partial charge in [0.2, 0.25) is 0 Å². The molecule has 0 heterocycles. The summed E-state index contributed by atoms with van der Waals surface area (Å²) in [6.07, 6.45) is -0.0849. The van der Waals surface area contributed by atoms with E-state index in [0.717, 1.165) is 4.31 Å². The first-order valence-electron chi connectivity index (χ1n) is 7.17. The quantitative estimate of drug-likeness (QED) is 0.701. The van der Waals surface area contributed by atoms with Crippen molar-refractivity contribution in [2.75, 3.05) is 10.8 Å². The van der Waals surface area contributed by atoms with Crippen LogP contribution in [0.5, 0.6) is 0 Å². The van der Waals surface area contributed by atoms with Gasteiger partial charge in [-0.15, -0.1) is 0 Å². The van der Waals surface area contributed by atoms with Crippen LogP contribution in [0, 0.1) is 0 Å². The number of sulfonamides is 1. The molecule has 2 rings (SSSR count). The number of halogens is 3. The van der Waals surface area contributed by atoms with Crippen molar-refractivity contribution in [3.05, 3.63) is 57.5 Å². The lowest BCUT2D eigenvalue weighted by Crippen LogP contribution is -2.33. The summed E-state index contributed by atoms with van der Waals surface area (Å²) in [6, 6.07) is 10.3. The number of para-hydroxylation sites is 1. The molecule has 0 atom stereocenters. The lowest BCUT2D eigenvalue weighted by atomic mass is 10.3. The average Bonchev–Trinajstić information content (AvgIpc) is 2.53. The molecule has 9 heteroatoms. The van der Waals surface area contributed by atoms with E-state index in [0.29, 0.717) is 5.02 Å². The van der Waals surface area contributed by atoms with Crippen LogP contribution in [0.1, 0.15) is 12.8 Å². The second kappa shape index (κ2) is 8.27. The van der Waals surface area contributed by atoms with E-state index in [-0.39, 0.29) is 40.0 Å². The van der Waals surface area contributed by atoms with Crippen molar-refractivity contribution >= 4 is 56.5 Å². The summed E-state index contributed by atoms with van der Waals surface area (Å²) in [5, 5.41) is 9.52. The monoisotopic (exact) mass is 421 g/mol. The minimum atomic E-state index is -4.00. The summed E-state index contributed by atoms with van der Waals surface area (Å²) in [5.41, 5.74) is 0.117. The van der Waals surface area contributed by atoms with E-state index in [2.05, 4.69) is 0 Å². The van der Waals surface area contributed by atoms with E-state index < -0.39 is 16.0 Å². The van der Waals surface area contributed by atoms with Crippen molar-refractivity contribution in [3.8, 4) is 0 Å². The maximum absolute atomic E-state index is 13.0. The van der Waals surface area contributed by atoms with Gasteiger partial charge in [0.25, 0.3) is 10.0 Å². The number of aliphatic carboxylic acids is 1. The maximum atomic E-state index is 13.0. The molecule has 0 aliphatic rings. The highest BCUT2D eigenvalue weighted by Crippen LogP contribution is 2.37. The van der Waals surface area contributed by atoms with Gasteiger partial charge in [-0.2, -0.15) is 0 Å². The van der Waals surface area contributed by atoms with Gasteiger partial charge in [0.15, 0.2) is 0 Å². The first-order valence-corrected chi connectivity index (χ1v) is 9.75. The molecular formula is C16H14Cl3NO4S. The standard InChI is InChI=1S/C16H14Cl3NO4S/c17-11-6-8-12(9-7-11)25(23,24)20(10-2-5-15(21)22)16-13(18)3-1-4-14(16)19/h1,3-4,6-9H,2,5,10H2,(H,21,22). The zero-order valence-corrected chi connectivity index (χ0v) is 15.9. The van der Waals surface area contributed by atoms with Gasteiger partial charge in [-0.05, 0) is 42.8 Å². The van der Waals surface area contributed by atoms with E-state index in [1.165, 1.54) is 36.4 Å². The highest BCUT2D eigenvalue weighted by Gasteiger charge is 2.28. The highest BCUT2D eigenvalue weighted by atomic mass is 35.5. The number of anilines is 1. The number of hydrogen-bond acceptors (Lipinski definition) is 3. The number of hydrogen-bond donors (Lipinski definition) is 1. The first kappa shape index (κ1) is 19.8. The zero-order chi connectivity index (χ0) is 18.6. The van der Waals surface area contributed by atoms with E-state index >= 15 is 0 Å². The van der Waals surface area contributed by atoms with Gasteiger partial charge < -0.3 is 5.11 Å². The van der Waals surface area contributed by atoms with Crippen LogP contribution in [0.2, 0.25) is 15.1 Å². The molecule has 0 saturated carbocycles. The topological polar surface area (TPSA) is 74.7 Å². The normalized spacial score (nSPS) is 11.3. The minimum absolute atomic E-state index is 0.00297. The second-order valence-corrected chi connectivity index (χ2v) is 8.21. The lowest BCUT2D eigenvalue weighted by Gasteiger charge is -2.26. The fourth-order valence-electron chi connectivity index (χ4n) is 2.19. The molecule has 134 valence electrons. The molecule has 5 nitrogen and oxygen atoms in total. The number of carboxylic acid groups (broad SMARTS) is 1. The largest absolute Gasteiger partial charge is 0.481 e. The molecule has 0 bridgehead atoms. The van der Waals surface area contributed by atoms with Crippen molar-refractivity contribution in [1.82, 2.24) is 0 Å². The Morgan fingerprint density at radius 1 is 1.00 bits per heavy atom. The van der Waals surface area contributed by atoms with Crippen molar-refractivity contribution in [3.63, 3.8) is 0 Å². The number of nitrogens with zero attached hydrogens (tertiary/aromatic N) is 1. The molecule has 0 radical (unpaired) electrons. The number of benzene rings is 2. The Morgan fingerprint density at radius 3 is 2.08 bits per heavy atom. The van der Waals surface area contributed by atoms with Gasteiger partial charge in [-0.25, -0.2) is 8.42 Å². The van der Waals surface area contributed by atoms with Crippen LogP contribution in [-0.2, 0) is 14.8 Å². The van der Waals surface area contributed by atoms with Crippen molar-refractivity contribution in [1.29, 1.82) is 0 Å². The molecular weight excluding hydrogens is 409 g/mol. The minimum Gasteiger partial charge on any atom is -0.481 e. The van der Waals surface area contributed by atoms with Gasteiger partial charge in [-0.3, -0.25) is 9.10 Å². The molecule has 2 aromatic rings. The van der Waals surface area contributed by atoms with Gasteiger partial charge in [0, 0.05) is 18.0 Å². The Labute approximate surface area is 160 Å². The third-order valence-electron chi connectivity index (χ3n) is 3.34. The smallest absolute Gasteiger partial charge is 0.303 e. The Balaban J connectivity index is 2.50. The third kappa shape index (κ3) is 4.79. The van der Waals surface area contributed by atoms with E-state index in [1.807, 2.05) is 0 Å². The number of carboxylic acids is 1. The summed E-state index contributed by atoms with van der Waals surface area (Å²) in [4.78, 5) is 10.8. The Hall–Kier alpha value is -1.47.